The van der Waals surface area contributed by atoms with Crippen LogP contribution in [0.3, 0.4) is 0 Å². The Labute approximate surface area is 619 Å². The van der Waals surface area contributed by atoms with Crippen molar-refractivity contribution < 1.29 is 80.2 Å². The number of aliphatic hydroxyl groups excluding tert-OH is 1. The standard InChI is InChI=1S/C82H160O17P2/c1-7-9-11-13-15-17-19-20-21-22-23-24-25-26-27-28-29-36-42-48-54-60-66-81(86)98-78(71-93-80(85)65-59-53-47-41-35-31-30-33-38-44-50-56-62-74(3)4)73-97-101(90,91)95-69-76(83)68-94-100(88,89)96-72-77(70-92-79(84)64-58-52-46-40-18-16-14-12-10-8-2)99-82(87)67-61-55-49-43-37-32-34-39-45-51-57-63-75(5)6/h74-78,83H,7-73H2,1-6H3,(H,88,89)(H,90,91)/t76-,77+,78+/m0/s1. The Morgan fingerprint density at radius 1 is 0.267 bits per heavy atom. The molecule has 0 saturated heterocycles. The molecule has 0 saturated carbocycles. The lowest BCUT2D eigenvalue weighted by molar-refractivity contribution is -0.161. The highest BCUT2D eigenvalue weighted by Crippen LogP contribution is 2.45. The van der Waals surface area contributed by atoms with E-state index in [0.717, 1.165) is 102 Å². The number of hydrogen-bond acceptors (Lipinski definition) is 15. The molecule has 3 N–H and O–H groups in total. The van der Waals surface area contributed by atoms with Crippen LogP contribution in [-0.2, 0) is 65.4 Å². The summed E-state index contributed by atoms with van der Waals surface area (Å²) in [6, 6.07) is 0. The van der Waals surface area contributed by atoms with Crippen molar-refractivity contribution in [3.63, 3.8) is 0 Å². The maximum absolute atomic E-state index is 13.1. The Bertz CT molecular complexity index is 1940. The summed E-state index contributed by atoms with van der Waals surface area (Å²) in [5.41, 5.74) is 0. The van der Waals surface area contributed by atoms with Gasteiger partial charge in [-0.3, -0.25) is 37.3 Å². The van der Waals surface area contributed by atoms with Crippen molar-refractivity contribution in [2.45, 2.75) is 452 Å². The second kappa shape index (κ2) is 73.6. The van der Waals surface area contributed by atoms with Gasteiger partial charge in [0.25, 0.3) is 0 Å². The third-order valence-corrected chi connectivity index (χ3v) is 21.1. The molecule has 0 heterocycles. The summed E-state index contributed by atoms with van der Waals surface area (Å²) in [6.07, 6.45) is 63.9. The van der Waals surface area contributed by atoms with Crippen LogP contribution >= 0.6 is 15.6 Å². The lowest BCUT2D eigenvalue weighted by Gasteiger charge is -2.21. The van der Waals surface area contributed by atoms with E-state index in [9.17, 15) is 43.2 Å². The zero-order chi connectivity index (χ0) is 74.2. The summed E-state index contributed by atoms with van der Waals surface area (Å²) in [5, 5.41) is 10.6. The molecule has 0 spiro atoms. The zero-order valence-corrected chi connectivity index (χ0v) is 68.0. The summed E-state index contributed by atoms with van der Waals surface area (Å²) < 4.78 is 68.7. The van der Waals surface area contributed by atoms with E-state index in [-0.39, 0.29) is 25.7 Å². The fraction of sp³-hybridized carbons (Fsp3) is 0.951. The number of carbonyl (C=O) groups is 4. The normalized spacial score (nSPS) is 13.9. The molecular formula is C82H160O17P2. The number of unbranched alkanes of at least 4 members (excludes halogenated alkanes) is 51. The molecule has 600 valence electrons. The highest BCUT2D eigenvalue weighted by atomic mass is 31.2. The number of aliphatic hydroxyl groups is 1. The Morgan fingerprint density at radius 3 is 0.673 bits per heavy atom. The molecular weight excluding hydrogens is 1320 g/mol. The van der Waals surface area contributed by atoms with Crippen molar-refractivity contribution in [3.8, 4) is 0 Å². The number of esters is 4. The lowest BCUT2D eigenvalue weighted by Crippen LogP contribution is -2.30. The fourth-order valence-electron chi connectivity index (χ4n) is 12.7. The number of rotatable bonds is 81. The van der Waals surface area contributed by atoms with Gasteiger partial charge in [0.05, 0.1) is 26.4 Å². The predicted octanol–water partition coefficient (Wildman–Crippen LogP) is 24.7. The molecule has 0 aliphatic carbocycles. The molecule has 0 aliphatic heterocycles. The second-order valence-corrected chi connectivity index (χ2v) is 33.4. The van der Waals surface area contributed by atoms with Crippen molar-refractivity contribution in [1.82, 2.24) is 0 Å². The average molecular weight is 1480 g/mol. The van der Waals surface area contributed by atoms with Gasteiger partial charge in [-0.2, -0.15) is 0 Å². The first-order valence-electron chi connectivity index (χ1n) is 42.5. The van der Waals surface area contributed by atoms with Gasteiger partial charge in [0.1, 0.15) is 19.3 Å². The first kappa shape index (κ1) is 99.1. The molecule has 0 aromatic rings. The van der Waals surface area contributed by atoms with Gasteiger partial charge in [0.15, 0.2) is 12.2 Å². The van der Waals surface area contributed by atoms with E-state index >= 15 is 0 Å². The summed E-state index contributed by atoms with van der Waals surface area (Å²) in [7, 11) is -9.92. The third-order valence-electron chi connectivity index (χ3n) is 19.2. The van der Waals surface area contributed by atoms with Crippen LogP contribution in [0.15, 0.2) is 0 Å². The number of carbonyl (C=O) groups excluding carboxylic acids is 4. The number of hydrogen-bond donors (Lipinski definition) is 3. The van der Waals surface area contributed by atoms with Gasteiger partial charge in [-0.15, -0.1) is 0 Å². The van der Waals surface area contributed by atoms with E-state index < -0.39 is 97.5 Å². The maximum atomic E-state index is 13.1. The van der Waals surface area contributed by atoms with Gasteiger partial charge in [0.2, 0.25) is 0 Å². The summed E-state index contributed by atoms with van der Waals surface area (Å²) in [5.74, 6) is -0.561. The zero-order valence-electron chi connectivity index (χ0n) is 66.2. The number of phosphoric ester groups is 2. The molecule has 5 atom stereocenters. The molecule has 0 bridgehead atoms. The van der Waals surface area contributed by atoms with E-state index in [1.54, 1.807) is 0 Å². The minimum absolute atomic E-state index is 0.107. The molecule has 17 nitrogen and oxygen atoms in total. The van der Waals surface area contributed by atoms with Gasteiger partial charge >= 0.3 is 39.5 Å². The maximum Gasteiger partial charge on any atom is 0.472 e. The molecule has 101 heavy (non-hydrogen) atoms. The quantitative estimate of drug-likeness (QED) is 0.0222. The lowest BCUT2D eigenvalue weighted by atomic mass is 10.0. The van der Waals surface area contributed by atoms with Gasteiger partial charge in [0, 0.05) is 25.7 Å². The Hall–Kier alpha value is -1.94. The predicted molar refractivity (Wildman–Crippen MR) is 414 cm³/mol. The van der Waals surface area contributed by atoms with E-state index in [4.69, 9.17) is 37.0 Å². The molecule has 0 amide bonds. The van der Waals surface area contributed by atoms with Crippen LogP contribution in [0.2, 0.25) is 0 Å². The van der Waals surface area contributed by atoms with Crippen LogP contribution in [0.1, 0.15) is 433 Å². The molecule has 2 unspecified atom stereocenters. The highest BCUT2D eigenvalue weighted by molar-refractivity contribution is 7.47. The molecule has 0 aromatic heterocycles. The number of phosphoric acid groups is 2. The largest absolute Gasteiger partial charge is 0.472 e. The Kier molecular flexibility index (Phi) is 72.2. The minimum Gasteiger partial charge on any atom is -0.462 e. The average Bonchev–Trinajstić information content (AvgIpc) is 0.927. The van der Waals surface area contributed by atoms with Gasteiger partial charge in [-0.05, 0) is 37.5 Å². The summed E-state index contributed by atoms with van der Waals surface area (Å²) in [6.45, 7) is 9.64. The molecule has 0 rings (SSSR count). The van der Waals surface area contributed by atoms with Crippen molar-refractivity contribution >= 4 is 39.5 Å². The third kappa shape index (κ3) is 76.1. The van der Waals surface area contributed by atoms with Gasteiger partial charge < -0.3 is 33.8 Å². The topological polar surface area (TPSA) is 237 Å². The fourth-order valence-corrected chi connectivity index (χ4v) is 14.3. The summed E-state index contributed by atoms with van der Waals surface area (Å²) in [4.78, 5) is 73.0. The van der Waals surface area contributed by atoms with Crippen molar-refractivity contribution in [3.05, 3.63) is 0 Å². The van der Waals surface area contributed by atoms with Crippen molar-refractivity contribution in [2.75, 3.05) is 39.6 Å². The first-order chi connectivity index (χ1) is 48.9. The monoisotopic (exact) mass is 1480 g/mol. The van der Waals surface area contributed by atoms with Crippen LogP contribution in [-0.4, -0.2) is 96.7 Å². The van der Waals surface area contributed by atoms with Gasteiger partial charge in [-0.1, -0.05) is 382 Å². The highest BCUT2D eigenvalue weighted by Gasteiger charge is 2.30. The summed E-state index contributed by atoms with van der Waals surface area (Å²) >= 11 is 0. The van der Waals surface area contributed by atoms with E-state index in [2.05, 4.69) is 41.5 Å². The van der Waals surface area contributed by atoms with E-state index in [0.29, 0.717) is 25.7 Å². The molecule has 0 aliphatic rings. The molecule has 0 fully saturated rings. The van der Waals surface area contributed by atoms with Crippen LogP contribution in [0.4, 0.5) is 0 Å². The molecule has 0 radical (unpaired) electrons. The van der Waals surface area contributed by atoms with Gasteiger partial charge in [-0.25, -0.2) is 9.13 Å². The number of ether oxygens (including phenoxy) is 4. The second-order valence-electron chi connectivity index (χ2n) is 30.5. The first-order valence-corrected chi connectivity index (χ1v) is 45.5. The van der Waals surface area contributed by atoms with Crippen LogP contribution in [0.5, 0.6) is 0 Å². The minimum atomic E-state index is -4.96. The van der Waals surface area contributed by atoms with Crippen LogP contribution < -0.4 is 0 Å². The smallest absolute Gasteiger partial charge is 0.462 e. The molecule has 0 aromatic carbocycles. The Balaban J connectivity index is 5.21. The van der Waals surface area contributed by atoms with Crippen LogP contribution in [0, 0.1) is 11.8 Å². The van der Waals surface area contributed by atoms with Crippen molar-refractivity contribution in [2.24, 2.45) is 11.8 Å². The van der Waals surface area contributed by atoms with E-state index in [1.165, 1.54) is 250 Å². The van der Waals surface area contributed by atoms with E-state index in [1.807, 2.05) is 0 Å². The van der Waals surface area contributed by atoms with Crippen LogP contribution in [0.25, 0.3) is 0 Å². The van der Waals surface area contributed by atoms with Crippen molar-refractivity contribution in [1.29, 1.82) is 0 Å². The molecule has 19 heteroatoms. The SMILES string of the molecule is CCCCCCCCCCCCCCCCCCCCCCCCC(=O)O[C@H](COC(=O)CCCCCCCCCCCCCCC(C)C)COP(=O)(O)OC[C@@H](O)COP(=O)(O)OC[C@@H](COC(=O)CCCCCCCCCCCC)OC(=O)CCCCCCCCCCCCCC(C)C. The Morgan fingerprint density at radius 2 is 0.455 bits per heavy atom.